The molecule has 6 nitrogen and oxygen atoms in total. The van der Waals surface area contributed by atoms with Crippen molar-refractivity contribution in [3.05, 3.63) is 65.2 Å². The van der Waals surface area contributed by atoms with Gasteiger partial charge in [-0.05, 0) is 19.4 Å². The lowest BCUT2D eigenvalue weighted by Crippen LogP contribution is -2.46. The number of aromatic nitrogens is 4. The van der Waals surface area contributed by atoms with Crippen LogP contribution in [0.1, 0.15) is 22.5 Å². The average molecular weight is 409 g/mol. The number of rotatable bonds is 6. The molecule has 1 saturated heterocycles. The van der Waals surface area contributed by atoms with Crippen molar-refractivity contribution in [3.63, 3.8) is 0 Å². The lowest BCUT2D eigenvalue weighted by Gasteiger charge is -2.35. The molecule has 29 heavy (non-hydrogen) atoms. The predicted molar refractivity (Wildman–Crippen MR) is 118 cm³/mol. The maximum Gasteiger partial charge on any atom is 0.148 e. The third-order valence-corrected chi connectivity index (χ3v) is 6.54. The van der Waals surface area contributed by atoms with Crippen molar-refractivity contribution in [2.75, 3.05) is 31.1 Å². The van der Waals surface area contributed by atoms with Crippen LogP contribution in [-0.2, 0) is 19.3 Å². The van der Waals surface area contributed by atoms with Gasteiger partial charge in [0.2, 0.25) is 0 Å². The average Bonchev–Trinajstić information content (AvgIpc) is 3.00. The minimum absolute atomic E-state index is 0.913. The van der Waals surface area contributed by atoms with Crippen molar-refractivity contribution in [2.45, 2.75) is 31.2 Å². The SMILES string of the molecule is Cc1nn(C)c(C)c1CN1CCN(c2cncc(SCc3ccccc3)n2)CC1. The zero-order valence-electron chi connectivity index (χ0n) is 17.4. The lowest BCUT2D eigenvalue weighted by molar-refractivity contribution is 0.248. The fourth-order valence-corrected chi connectivity index (χ4v) is 4.50. The Kier molecular flexibility index (Phi) is 6.16. The van der Waals surface area contributed by atoms with E-state index in [-0.39, 0.29) is 0 Å². The molecule has 0 atom stereocenters. The number of hydrogen-bond donors (Lipinski definition) is 0. The molecule has 0 aliphatic carbocycles. The first-order valence-electron chi connectivity index (χ1n) is 10.1. The van der Waals surface area contributed by atoms with Crippen molar-refractivity contribution >= 4 is 17.6 Å². The molecule has 4 rings (SSSR count). The second-order valence-electron chi connectivity index (χ2n) is 7.53. The Balaban J connectivity index is 1.33. The molecule has 0 bridgehead atoms. The highest BCUT2D eigenvalue weighted by molar-refractivity contribution is 7.98. The minimum atomic E-state index is 0.913. The molecule has 3 aromatic rings. The fourth-order valence-electron chi connectivity index (χ4n) is 3.70. The van der Waals surface area contributed by atoms with Crippen LogP contribution in [0.3, 0.4) is 0 Å². The smallest absolute Gasteiger partial charge is 0.148 e. The van der Waals surface area contributed by atoms with Crippen LogP contribution >= 0.6 is 11.8 Å². The van der Waals surface area contributed by atoms with E-state index in [2.05, 4.69) is 58.0 Å². The highest BCUT2D eigenvalue weighted by atomic mass is 32.2. The number of aryl methyl sites for hydroxylation is 2. The second kappa shape index (κ2) is 8.97. The third kappa shape index (κ3) is 4.79. The molecule has 152 valence electrons. The molecular formula is C22H28N6S. The maximum atomic E-state index is 4.85. The van der Waals surface area contributed by atoms with Crippen LogP contribution in [0.15, 0.2) is 47.8 Å². The normalized spacial score (nSPS) is 15.1. The van der Waals surface area contributed by atoms with Crippen LogP contribution in [-0.4, -0.2) is 50.8 Å². The molecule has 7 heteroatoms. The predicted octanol–water partition coefficient (Wildman–Crippen LogP) is 3.44. The number of nitrogens with zero attached hydrogens (tertiary/aromatic N) is 6. The van der Waals surface area contributed by atoms with Crippen LogP contribution in [0, 0.1) is 13.8 Å². The number of hydrogen-bond acceptors (Lipinski definition) is 6. The summed E-state index contributed by atoms with van der Waals surface area (Å²) < 4.78 is 1.98. The number of thioether (sulfide) groups is 1. The maximum absolute atomic E-state index is 4.85. The van der Waals surface area contributed by atoms with Crippen LogP contribution in [0.5, 0.6) is 0 Å². The molecule has 2 aromatic heterocycles. The van der Waals surface area contributed by atoms with Gasteiger partial charge < -0.3 is 4.90 Å². The van der Waals surface area contributed by atoms with Gasteiger partial charge in [-0.25, -0.2) is 4.98 Å². The van der Waals surface area contributed by atoms with Crippen LogP contribution in [0.4, 0.5) is 5.82 Å². The summed E-state index contributed by atoms with van der Waals surface area (Å²) in [6, 6.07) is 10.5. The van der Waals surface area contributed by atoms with E-state index in [0.717, 1.165) is 55.0 Å². The van der Waals surface area contributed by atoms with Crippen molar-refractivity contribution < 1.29 is 0 Å². The first kappa shape index (κ1) is 19.9. The van der Waals surface area contributed by atoms with Gasteiger partial charge in [0.25, 0.3) is 0 Å². The zero-order chi connectivity index (χ0) is 20.2. The zero-order valence-corrected chi connectivity index (χ0v) is 18.2. The molecule has 0 amide bonds. The summed E-state index contributed by atoms with van der Waals surface area (Å²) in [5, 5.41) is 5.53. The minimum Gasteiger partial charge on any atom is -0.353 e. The Hall–Kier alpha value is -2.38. The standard InChI is InChI=1S/C22H28N6S/c1-17-20(18(2)26(3)25-17)15-27-9-11-28(12-10-27)21-13-23-14-22(24-21)29-16-19-7-5-4-6-8-19/h4-8,13-14H,9-12,15-16H2,1-3H3. The summed E-state index contributed by atoms with van der Waals surface area (Å²) in [5.41, 5.74) is 5.07. The van der Waals surface area contributed by atoms with E-state index in [1.165, 1.54) is 16.8 Å². The Morgan fingerprint density at radius 1 is 1.00 bits per heavy atom. The molecule has 1 aliphatic rings. The van der Waals surface area contributed by atoms with E-state index >= 15 is 0 Å². The molecule has 1 fully saturated rings. The largest absolute Gasteiger partial charge is 0.353 e. The van der Waals surface area contributed by atoms with Crippen molar-refractivity contribution in [1.29, 1.82) is 0 Å². The molecule has 0 radical (unpaired) electrons. The Morgan fingerprint density at radius 2 is 1.76 bits per heavy atom. The highest BCUT2D eigenvalue weighted by Gasteiger charge is 2.21. The van der Waals surface area contributed by atoms with E-state index in [9.17, 15) is 0 Å². The van der Waals surface area contributed by atoms with Crippen molar-refractivity contribution in [2.24, 2.45) is 7.05 Å². The Labute approximate surface area is 177 Å². The first-order valence-corrected chi connectivity index (χ1v) is 11.0. The number of benzene rings is 1. The Bertz CT molecular complexity index is 947. The van der Waals surface area contributed by atoms with Crippen LogP contribution in [0.25, 0.3) is 0 Å². The number of piperazine rings is 1. The van der Waals surface area contributed by atoms with Gasteiger partial charge in [-0.2, -0.15) is 5.10 Å². The summed E-state index contributed by atoms with van der Waals surface area (Å²) in [7, 11) is 2.02. The summed E-state index contributed by atoms with van der Waals surface area (Å²) >= 11 is 1.74. The van der Waals surface area contributed by atoms with Gasteiger partial charge in [-0.1, -0.05) is 30.3 Å². The van der Waals surface area contributed by atoms with Gasteiger partial charge in [0.05, 0.1) is 18.1 Å². The van der Waals surface area contributed by atoms with Crippen LogP contribution < -0.4 is 4.90 Å². The Morgan fingerprint density at radius 3 is 2.45 bits per heavy atom. The third-order valence-electron chi connectivity index (χ3n) is 5.57. The quantitative estimate of drug-likeness (QED) is 0.583. The monoisotopic (exact) mass is 408 g/mol. The molecule has 1 aliphatic heterocycles. The van der Waals surface area contributed by atoms with Crippen molar-refractivity contribution in [3.8, 4) is 0 Å². The van der Waals surface area contributed by atoms with Gasteiger partial charge >= 0.3 is 0 Å². The summed E-state index contributed by atoms with van der Waals surface area (Å²) in [6.07, 6.45) is 3.75. The van der Waals surface area contributed by atoms with Gasteiger partial charge in [0, 0.05) is 56.8 Å². The van der Waals surface area contributed by atoms with E-state index < -0.39 is 0 Å². The fraction of sp³-hybridized carbons (Fsp3) is 0.409. The summed E-state index contributed by atoms with van der Waals surface area (Å²) in [4.78, 5) is 14.1. The van der Waals surface area contributed by atoms with E-state index in [0.29, 0.717) is 0 Å². The van der Waals surface area contributed by atoms with E-state index in [1.807, 2.05) is 30.2 Å². The summed E-state index contributed by atoms with van der Waals surface area (Å²) in [5.74, 6) is 1.90. The molecular weight excluding hydrogens is 380 g/mol. The molecule has 1 aromatic carbocycles. The van der Waals surface area contributed by atoms with E-state index in [1.54, 1.807) is 11.8 Å². The van der Waals surface area contributed by atoms with Crippen LogP contribution in [0.2, 0.25) is 0 Å². The molecule has 3 heterocycles. The van der Waals surface area contributed by atoms with Gasteiger partial charge in [-0.3, -0.25) is 14.6 Å². The number of anilines is 1. The van der Waals surface area contributed by atoms with Gasteiger partial charge in [-0.15, -0.1) is 11.8 Å². The summed E-state index contributed by atoms with van der Waals surface area (Å²) in [6.45, 7) is 9.22. The van der Waals surface area contributed by atoms with E-state index in [4.69, 9.17) is 4.98 Å². The highest BCUT2D eigenvalue weighted by Crippen LogP contribution is 2.23. The molecule has 0 unspecified atom stereocenters. The molecule has 0 N–H and O–H groups in total. The van der Waals surface area contributed by atoms with Gasteiger partial charge in [0.15, 0.2) is 0 Å². The molecule has 0 saturated carbocycles. The second-order valence-corrected chi connectivity index (χ2v) is 8.52. The first-order chi connectivity index (χ1) is 14.1. The molecule has 0 spiro atoms. The lowest BCUT2D eigenvalue weighted by atomic mass is 10.1. The van der Waals surface area contributed by atoms with Crippen molar-refractivity contribution in [1.82, 2.24) is 24.6 Å². The van der Waals surface area contributed by atoms with Gasteiger partial charge in [0.1, 0.15) is 10.8 Å². The topological polar surface area (TPSA) is 50.1 Å².